The van der Waals surface area contributed by atoms with E-state index in [0.717, 1.165) is 52.9 Å². The number of alkyl carbamates (subject to hydrolysis) is 1. The van der Waals surface area contributed by atoms with Gasteiger partial charge in [0, 0.05) is 30.9 Å². The number of carbonyl (C=O) groups excluding carboxylic acids is 2. The Kier molecular flexibility index (Phi) is 8.94. The maximum atomic E-state index is 12.9. The quantitative estimate of drug-likeness (QED) is 0.343. The smallest absolute Gasteiger partial charge is 0.407 e. The molecule has 3 aromatic rings. The van der Waals surface area contributed by atoms with E-state index in [1.165, 1.54) is 11.8 Å². The summed E-state index contributed by atoms with van der Waals surface area (Å²) in [7, 11) is 1.60. The summed E-state index contributed by atoms with van der Waals surface area (Å²) in [5.74, 6) is 1.89. The highest BCUT2D eigenvalue weighted by atomic mass is 32.2. The number of carbonyl (C=O) groups is 2. The van der Waals surface area contributed by atoms with Gasteiger partial charge in [0.15, 0.2) is 0 Å². The van der Waals surface area contributed by atoms with Gasteiger partial charge in [-0.3, -0.25) is 9.78 Å². The van der Waals surface area contributed by atoms with Gasteiger partial charge in [-0.2, -0.15) is 0 Å². The summed E-state index contributed by atoms with van der Waals surface area (Å²) >= 11 is 1.52. The molecule has 4 heterocycles. The van der Waals surface area contributed by atoms with Gasteiger partial charge >= 0.3 is 6.09 Å². The van der Waals surface area contributed by atoms with Gasteiger partial charge in [0.05, 0.1) is 34.5 Å². The largest absolute Gasteiger partial charge is 0.481 e. The number of aromatic nitrogens is 3. The number of pyridine rings is 3. The number of nitrogens with one attached hydrogen (secondary N) is 3. The summed E-state index contributed by atoms with van der Waals surface area (Å²) in [5, 5.41) is 9.70. The van der Waals surface area contributed by atoms with Crippen molar-refractivity contribution in [2.24, 2.45) is 5.92 Å². The van der Waals surface area contributed by atoms with Crippen LogP contribution in [0.15, 0.2) is 41.4 Å². The highest BCUT2D eigenvalue weighted by Gasteiger charge is 2.31. The van der Waals surface area contributed by atoms with Crippen LogP contribution < -0.4 is 20.7 Å². The molecule has 5 rings (SSSR count). The molecule has 1 atom stereocenters. The molecule has 0 spiro atoms. The lowest BCUT2D eigenvalue weighted by Gasteiger charge is -2.35. The van der Waals surface area contributed by atoms with Crippen molar-refractivity contribution in [1.82, 2.24) is 25.6 Å². The van der Waals surface area contributed by atoms with Crippen LogP contribution in [0.5, 0.6) is 5.88 Å². The summed E-state index contributed by atoms with van der Waals surface area (Å²) < 4.78 is 11.0. The lowest BCUT2D eigenvalue weighted by atomic mass is 9.79. The number of nitrogens with zero attached hydrogens (tertiary/aromatic N) is 3. The maximum Gasteiger partial charge on any atom is 0.407 e. The van der Waals surface area contributed by atoms with Crippen LogP contribution in [0.1, 0.15) is 57.7 Å². The van der Waals surface area contributed by atoms with Gasteiger partial charge in [0.25, 0.3) is 0 Å². The van der Waals surface area contributed by atoms with Crippen LogP contribution in [0.2, 0.25) is 0 Å². The predicted molar refractivity (Wildman–Crippen MR) is 159 cm³/mol. The number of ether oxygens (including phenoxy) is 2. The Balaban J connectivity index is 1.25. The Morgan fingerprint density at radius 1 is 1.12 bits per heavy atom. The van der Waals surface area contributed by atoms with Gasteiger partial charge < -0.3 is 25.4 Å². The summed E-state index contributed by atoms with van der Waals surface area (Å²) in [6.07, 6.45) is 5.88. The molecule has 3 N–H and O–H groups in total. The van der Waals surface area contributed by atoms with Crippen molar-refractivity contribution in [1.29, 1.82) is 0 Å². The van der Waals surface area contributed by atoms with Crippen molar-refractivity contribution in [2.45, 2.75) is 82.0 Å². The third kappa shape index (κ3) is 7.65. The molecule has 10 nitrogen and oxygen atoms in total. The summed E-state index contributed by atoms with van der Waals surface area (Å²) in [4.78, 5) is 39.4. The standard InChI is InChI=1S/C30H38N6O4S/c1-30(2,3)40-29(38)34-23(15-19-13-14-31-22-10-12-26(39-4)36-27(19)22)18-5-7-20(8-6-18)32-16-21-9-11-24-28(33-21)35-25(37)17-41-24/h9-14,18,20,23,32H,5-8,15-17H2,1-4H3,(H,34,38)(H,33,35,37)/t18-,20-,23?. The summed E-state index contributed by atoms with van der Waals surface area (Å²) in [6.45, 7) is 6.25. The van der Waals surface area contributed by atoms with E-state index >= 15 is 0 Å². The zero-order valence-electron chi connectivity index (χ0n) is 24.0. The number of thioether (sulfide) groups is 1. The number of methoxy groups -OCH3 is 1. The SMILES string of the molecule is COc1ccc2nccc(CC(NC(=O)OC(C)(C)C)[C@H]3CC[C@H](NCc4ccc5c(n4)NC(=O)CS5)CC3)c2n1. The van der Waals surface area contributed by atoms with Crippen LogP contribution in [-0.2, 0) is 22.5 Å². The minimum atomic E-state index is -0.583. The summed E-state index contributed by atoms with van der Waals surface area (Å²) in [5.41, 5.74) is 2.91. The number of fused-ring (bicyclic) bond motifs is 2. The molecular weight excluding hydrogens is 540 g/mol. The van der Waals surface area contributed by atoms with E-state index < -0.39 is 11.7 Å². The van der Waals surface area contributed by atoms with Gasteiger partial charge in [0.2, 0.25) is 11.8 Å². The second-order valence-corrected chi connectivity index (χ2v) is 12.6. The number of hydrogen-bond donors (Lipinski definition) is 3. The van der Waals surface area contributed by atoms with Gasteiger partial charge in [-0.1, -0.05) is 0 Å². The van der Waals surface area contributed by atoms with Gasteiger partial charge in [0.1, 0.15) is 11.4 Å². The molecule has 0 aromatic carbocycles. The van der Waals surface area contributed by atoms with Gasteiger partial charge in [-0.05, 0) is 88.6 Å². The molecule has 218 valence electrons. The van der Waals surface area contributed by atoms with Crippen LogP contribution in [-0.4, -0.2) is 57.5 Å². The van der Waals surface area contributed by atoms with Crippen LogP contribution in [0.3, 0.4) is 0 Å². The second kappa shape index (κ2) is 12.6. The van der Waals surface area contributed by atoms with E-state index in [0.29, 0.717) is 36.5 Å². The predicted octanol–water partition coefficient (Wildman–Crippen LogP) is 4.86. The van der Waals surface area contributed by atoms with Gasteiger partial charge in [-0.25, -0.2) is 14.8 Å². The van der Waals surface area contributed by atoms with E-state index in [4.69, 9.17) is 9.47 Å². The third-order valence-electron chi connectivity index (χ3n) is 7.44. The molecule has 0 radical (unpaired) electrons. The van der Waals surface area contributed by atoms with E-state index in [1.807, 2.05) is 45.0 Å². The molecule has 11 heteroatoms. The number of rotatable bonds is 8. The lowest BCUT2D eigenvalue weighted by Crippen LogP contribution is -2.46. The van der Waals surface area contributed by atoms with Gasteiger partial charge in [-0.15, -0.1) is 11.8 Å². The first-order valence-electron chi connectivity index (χ1n) is 14.1. The Labute approximate surface area is 244 Å². The monoisotopic (exact) mass is 578 g/mol. The fourth-order valence-corrected chi connectivity index (χ4v) is 6.20. The van der Waals surface area contributed by atoms with E-state index in [-0.39, 0.29) is 17.9 Å². The Hall–Kier alpha value is -3.44. The minimum Gasteiger partial charge on any atom is -0.481 e. The van der Waals surface area contributed by atoms with Crippen molar-refractivity contribution in [3.63, 3.8) is 0 Å². The molecule has 0 saturated heterocycles. The van der Waals surface area contributed by atoms with E-state index in [2.05, 4.69) is 30.9 Å². The zero-order chi connectivity index (χ0) is 29.0. The number of amides is 2. The van der Waals surface area contributed by atoms with Crippen molar-refractivity contribution in [3.05, 3.63) is 47.8 Å². The van der Waals surface area contributed by atoms with Crippen molar-refractivity contribution in [3.8, 4) is 5.88 Å². The molecule has 1 fully saturated rings. The molecule has 1 aliphatic carbocycles. The van der Waals surface area contributed by atoms with Crippen molar-refractivity contribution >= 4 is 40.6 Å². The molecular formula is C30H38N6O4S. The molecule has 1 aliphatic heterocycles. The first-order valence-corrected chi connectivity index (χ1v) is 15.1. The molecule has 3 aromatic heterocycles. The van der Waals surface area contributed by atoms with E-state index in [1.54, 1.807) is 19.4 Å². The molecule has 2 amide bonds. The Morgan fingerprint density at radius 3 is 2.68 bits per heavy atom. The first-order chi connectivity index (χ1) is 19.7. The fourth-order valence-electron chi connectivity index (χ4n) is 5.45. The van der Waals surface area contributed by atoms with E-state index in [9.17, 15) is 9.59 Å². The highest BCUT2D eigenvalue weighted by molar-refractivity contribution is 8.00. The normalized spacial score (nSPS) is 19.7. The minimum absolute atomic E-state index is 0.0114. The van der Waals surface area contributed by atoms with Crippen molar-refractivity contribution in [2.75, 3.05) is 18.2 Å². The third-order valence-corrected chi connectivity index (χ3v) is 8.49. The molecule has 1 saturated carbocycles. The topological polar surface area (TPSA) is 127 Å². The second-order valence-electron chi connectivity index (χ2n) is 11.6. The zero-order valence-corrected chi connectivity index (χ0v) is 24.8. The van der Waals surface area contributed by atoms with Crippen LogP contribution >= 0.6 is 11.8 Å². The summed E-state index contributed by atoms with van der Waals surface area (Å²) in [6, 6.07) is 9.96. The Bertz CT molecular complexity index is 1400. The average Bonchev–Trinajstić information content (AvgIpc) is 2.94. The highest BCUT2D eigenvalue weighted by Crippen LogP contribution is 2.32. The maximum absolute atomic E-state index is 12.9. The Morgan fingerprint density at radius 2 is 1.93 bits per heavy atom. The first kappa shape index (κ1) is 29.1. The molecule has 41 heavy (non-hydrogen) atoms. The molecule has 1 unspecified atom stereocenters. The molecule has 2 aliphatic rings. The van der Waals surface area contributed by atoms with Crippen molar-refractivity contribution < 1.29 is 19.1 Å². The number of anilines is 1. The molecule has 0 bridgehead atoms. The lowest BCUT2D eigenvalue weighted by molar-refractivity contribution is -0.113. The fraction of sp³-hybridized carbons (Fsp3) is 0.500. The van der Waals surface area contributed by atoms with Crippen LogP contribution in [0.25, 0.3) is 11.0 Å². The van der Waals surface area contributed by atoms with Crippen LogP contribution in [0.4, 0.5) is 10.6 Å². The number of hydrogen-bond acceptors (Lipinski definition) is 9. The van der Waals surface area contributed by atoms with Crippen LogP contribution in [0, 0.1) is 5.92 Å². The average molecular weight is 579 g/mol.